The highest BCUT2D eigenvalue weighted by Crippen LogP contribution is 2.19. The number of hydrogen-bond acceptors (Lipinski definition) is 3. The highest BCUT2D eigenvalue weighted by atomic mass is 79.9. The van der Waals surface area contributed by atoms with Crippen molar-refractivity contribution < 1.29 is 4.42 Å². The Morgan fingerprint density at radius 2 is 1.83 bits per heavy atom. The van der Waals surface area contributed by atoms with Gasteiger partial charge in [0, 0.05) is 11.0 Å². The second kappa shape index (κ2) is 4.82. The van der Waals surface area contributed by atoms with Crippen LogP contribution in [0.15, 0.2) is 57.4 Å². The van der Waals surface area contributed by atoms with E-state index in [4.69, 9.17) is 4.42 Å². The lowest BCUT2D eigenvalue weighted by Gasteiger charge is -2.01. The van der Waals surface area contributed by atoms with Crippen LogP contribution in [-0.2, 0) is 6.54 Å². The first-order valence-corrected chi connectivity index (χ1v) is 6.44. The maximum Gasteiger partial charge on any atom is 0.295 e. The molecular weight excluding hydrogens is 292 g/mol. The molecule has 0 aliphatic carbocycles. The van der Waals surface area contributed by atoms with Crippen LogP contribution in [-0.4, -0.2) is 4.98 Å². The molecule has 0 aliphatic rings. The zero-order valence-electron chi connectivity index (χ0n) is 9.56. The molecule has 0 radical (unpaired) electrons. The SMILES string of the molecule is Brc1ccc(CNc2nc3ccccc3o2)cc1. The fraction of sp³-hybridized carbons (Fsp3) is 0.0714. The van der Waals surface area contributed by atoms with Crippen LogP contribution >= 0.6 is 15.9 Å². The molecule has 3 rings (SSSR count). The minimum absolute atomic E-state index is 0.555. The summed E-state index contributed by atoms with van der Waals surface area (Å²) in [7, 11) is 0. The minimum atomic E-state index is 0.555. The molecule has 4 heteroatoms. The Labute approximate surface area is 113 Å². The Morgan fingerprint density at radius 1 is 1.06 bits per heavy atom. The third-order valence-corrected chi connectivity index (χ3v) is 3.18. The second-order valence-electron chi connectivity index (χ2n) is 3.97. The van der Waals surface area contributed by atoms with Crippen LogP contribution < -0.4 is 5.32 Å². The molecule has 0 bridgehead atoms. The monoisotopic (exact) mass is 302 g/mol. The van der Waals surface area contributed by atoms with E-state index in [0.717, 1.165) is 15.6 Å². The van der Waals surface area contributed by atoms with Crippen molar-refractivity contribution >= 4 is 33.0 Å². The summed E-state index contributed by atoms with van der Waals surface area (Å²) in [4.78, 5) is 4.36. The molecule has 3 aromatic rings. The summed E-state index contributed by atoms with van der Waals surface area (Å²) in [6, 6.07) is 16.4. The third-order valence-electron chi connectivity index (χ3n) is 2.65. The quantitative estimate of drug-likeness (QED) is 0.788. The van der Waals surface area contributed by atoms with Crippen LogP contribution in [0.3, 0.4) is 0 Å². The molecule has 0 amide bonds. The highest BCUT2D eigenvalue weighted by Gasteiger charge is 2.03. The summed E-state index contributed by atoms with van der Waals surface area (Å²) < 4.78 is 6.66. The van der Waals surface area contributed by atoms with E-state index in [-0.39, 0.29) is 0 Å². The zero-order valence-corrected chi connectivity index (χ0v) is 11.1. The van der Waals surface area contributed by atoms with Crippen molar-refractivity contribution in [3.8, 4) is 0 Å². The van der Waals surface area contributed by atoms with E-state index in [0.29, 0.717) is 12.6 Å². The van der Waals surface area contributed by atoms with Gasteiger partial charge in [-0.1, -0.05) is 40.2 Å². The van der Waals surface area contributed by atoms with Crippen LogP contribution in [0.2, 0.25) is 0 Å². The van der Waals surface area contributed by atoms with Crippen molar-refractivity contribution in [2.24, 2.45) is 0 Å². The van der Waals surface area contributed by atoms with E-state index in [9.17, 15) is 0 Å². The predicted octanol–water partition coefficient (Wildman–Crippen LogP) is 4.20. The molecule has 18 heavy (non-hydrogen) atoms. The number of rotatable bonds is 3. The number of anilines is 1. The van der Waals surface area contributed by atoms with E-state index >= 15 is 0 Å². The molecule has 90 valence electrons. The smallest absolute Gasteiger partial charge is 0.295 e. The number of nitrogens with one attached hydrogen (secondary N) is 1. The van der Waals surface area contributed by atoms with E-state index in [1.807, 2.05) is 36.4 Å². The molecule has 0 aliphatic heterocycles. The van der Waals surface area contributed by atoms with Gasteiger partial charge in [-0.15, -0.1) is 0 Å². The highest BCUT2D eigenvalue weighted by molar-refractivity contribution is 9.10. The lowest BCUT2D eigenvalue weighted by molar-refractivity contribution is 0.614. The third kappa shape index (κ3) is 2.38. The minimum Gasteiger partial charge on any atom is -0.424 e. The Bertz CT molecular complexity index is 628. The normalized spacial score (nSPS) is 10.7. The van der Waals surface area contributed by atoms with E-state index in [1.165, 1.54) is 5.56 Å². The number of oxazole rings is 1. The number of nitrogens with zero attached hydrogens (tertiary/aromatic N) is 1. The average Bonchev–Trinajstić information content (AvgIpc) is 2.81. The first-order valence-electron chi connectivity index (χ1n) is 5.65. The van der Waals surface area contributed by atoms with Gasteiger partial charge in [0.25, 0.3) is 6.01 Å². The van der Waals surface area contributed by atoms with Gasteiger partial charge < -0.3 is 9.73 Å². The van der Waals surface area contributed by atoms with Crippen molar-refractivity contribution in [3.63, 3.8) is 0 Å². The van der Waals surface area contributed by atoms with Crippen LogP contribution in [0.1, 0.15) is 5.56 Å². The van der Waals surface area contributed by atoms with Gasteiger partial charge in [-0.05, 0) is 29.8 Å². The van der Waals surface area contributed by atoms with Gasteiger partial charge in [-0.25, -0.2) is 0 Å². The molecule has 1 aromatic heterocycles. The Kier molecular flexibility index (Phi) is 3.02. The molecule has 1 heterocycles. The van der Waals surface area contributed by atoms with Crippen molar-refractivity contribution in [2.45, 2.75) is 6.54 Å². The summed E-state index contributed by atoms with van der Waals surface area (Å²) in [5.74, 6) is 0. The molecule has 0 atom stereocenters. The number of para-hydroxylation sites is 2. The molecule has 0 fully saturated rings. The topological polar surface area (TPSA) is 38.1 Å². The van der Waals surface area contributed by atoms with Crippen molar-refractivity contribution in [3.05, 3.63) is 58.6 Å². The summed E-state index contributed by atoms with van der Waals surface area (Å²) in [6.07, 6.45) is 0. The van der Waals surface area contributed by atoms with Crippen molar-refractivity contribution in [2.75, 3.05) is 5.32 Å². The lowest BCUT2D eigenvalue weighted by Crippen LogP contribution is -1.98. The summed E-state index contributed by atoms with van der Waals surface area (Å²) in [6.45, 7) is 0.695. The van der Waals surface area contributed by atoms with E-state index < -0.39 is 0 Å². The summed E-state index contributed by atoms with van der Waals surface area (Å²) in [5, 5.41) is 3.18. The van der Waals surface area contributed by atoms with Gasteiger partial charge in [0.1, 0.15) is 5.52 Å². The van der Waals surface area contributed by atoms with Gasteiger partial charge >= 0.3 is 0 Å². The van der Waals surface area contributed by atoms with Gasteiger partial charge in [0.05, 0.1) is 0 Å². The average molecular weight is 303 g/mol. The van der Waals surface area contributed by atoms with Crippen LogP contribution in [0, 0.1) is 0 Å². The fourth-order valence-electron chi connectivity index (χ4n) is 1.73. The lowest BCUT2D eigenvalue weighted by atomic mass is 10.2. The molecule has 0 saturated carbocycles. The Hall–Kier alpha value is -1.81. The number of hydrogen-bond donors (Lipinski definition) is 1. The molecule has 3 nitrogen and oxygen atoms in total. The molecular formula is C14H11BrN2O. The predicted molar refractivity (Wildman–Crippen MR) is 75.5 cm³/mol. The maximum absolute atomic E-state index is 5.58. The van der Waals surface area contributed by atoms with Crippen molar-refractivity contribution in [1.29, 1.82) is 0 Å². The molecule has 0 saturated heterocycles. The van der Waals surface area contributed by atoms with E-state index in [2.05, 4.69) is 38.4 Å². The number of benzene rings is 2. The number of aromatic nitrogens is 1. The van der Waals surface area contributed by atoms with Gasteiger partial charge in [-0.3, -0.25) is 0 Å². The standard InChI is InChI=1S/C14H11BrN2O/c15-11-7-5-10(6-8-11)9-16-14-17-12-3-1-2-4-13(12)18-14/h1-8H,9H2,(H,16,17). The van der Waals surface area contributed by atoms with Gasteiger partial charge in [0.2, 0.25) is 0 Å². The van der Waals surface area contributed by atoms with Gasteiger partial charge in [0.15, 0.2) is 5.58 Å². The second-order valence-corrected chi connectivity index (χ2v) is 4.88. The Morgan fingerprint density at radius 3 is 2.61 bits per heavy atom. The van der Waals surface area contributed by atoms with Crippen LogP contribution in [0.4, 0.5) is 6.01 Å². The van der Waals surface area contributed by atoms with Crippen LogP contribution in [0.5, 0.6) is 0 Å². The Balaban J connectivity index is 1.74. The molecule has 0 unspecified atom stereocenters. The van der Waals surface area contributed by atoms with E-state index in [1.54, 1.807) is 0 Å². The first-order chi connectivity index (χ1) is 8.81. The first kappa shape index (κ1) is 11.3. The van der Waals surface area contributed by atoms with Crippen LogP contribution in [0.25, 0.3) is 11.1 Å². The molecule has 2 aromatic carbocycles. The summed E-state index contributed by atoms with van der Waals surface area (Å²) in [5.41, 5.74) is 2.85. The van der Waals surface area contributed by atoms with Crippen molar-refractivity contribution in [1.82, 2.24) is 4.98 Å². The maximum atomic E-state index is 5.58. The largest absolute Gasteiger partial charge is 0.424 e. The number of halogens is 1. The molecule has 1 N–H and O–H groups in total. The summed E-state index contributed by atoms with van der Waals surface area (Å²) >= 11 is 3.41. The van der Waals surface area contributed by atoms with Gasteiger partial charge in [-0.2, -0.15) is 4.98 Å². The zero-order chi connectivity index (χ0) is 12.4. The molecule has 0 spiro atoms. The number of fused-ring (bicyclic) bond motifs is 1. The fourth-order valence-corrected chi connectivity index (χ4v) is 1.99.